The van der Waals surface area contributed by atoms with E-state index in [-0.39, 0.29) is 24.9 Å². The van der Waals surface area contributed by atoms with Crippen LogP contribution in [0.15, 0.2) is 48.5 Å². The summed E-state index contributed by atoms with van der Waals surface area (Å²) in [6.07, 6.45) is -0.0102. The number of carbonyl (C=O) groups excluding carboxylic acids is 2. The number of amides is 1. The van der Waals surface area contributed by atoms with E-state index >= 15 is 0 Å². The maximum absolute atomic E-state index is 11.8. The molecule has 1 amide bonds. The molecule has 2 aromatic rings. The zero-order valence-electron chi connectivity index (χ0n) is 13.8. The number of esters is 1. The Balaban J connectivity index is 1.73. The van der Waals surface area contributed by atoms with Gasteiger partial charge in [-0.2, -0.15) is 0 Å². The highest BCUT2D eigenvalue weighted by Crippen LogP contribution is 2.21. The molecule has 4 nitrogen and oxygen atoms in total. The Kier molecular flexibility index (Phi) is 7.29. The van der Waals surface area contributed by atoms with Crippen molar-refractivity contribution >= 4 is 35.1 Å². The maximum Gasteiger partial charge on any atom is 0.310 e. The van der Waals surface area contributed by atoms with Gasteiger partial charge in [0.1, 0.15) is 0 Å². The van der Waals surface area contributed by atoms with Crippen LogP contribution in [0.2, 0.25) is 10.0 Å². The fourth-order valence-corrected chi connectivity index (χ4v) is 2.71. The van der Waals surface area contributed by atoms with Crippen LogP contribution in [0.25, 0.3) is 0 Å². The molecule has 0 bridgehead atoms. The second-order valence-corrected chi connectivity index (χ2v) is 6.53. The van der Waals surface area contributed by atoms with Gasteiger partial charge in [0, 0.05) is 16.6 Å². The minimum absolute atomic E-state index is 0.0102. The van der Waals surface area contributed by atoms with Crippen LogP contribution in [0.5, 0.6) is 0 Å². The van der Waals surface area contributed by atoms with Crippen molar-refractivity contribution in [3.8, 4) is 0 Å². The van der Waals surface area contributed by atoms with E-state index in [9.17, 15) is 9.59 Å². The van der Waals surface area contributed by atoms with Crippen molar-refractivity contribution in [2.45, 2.75) is 19.3 Å². The number of carbonyl (C=O) groups is 2. The molecule has 25 heavy (non-hydrogen) atoms. The monoisotopic (exact) mass is 379 g/mol. The van der Waals surface area contributed by atoms with Crippen LogP contribution >= 0.6 is 23.2 Å². The van der Waals surface area contributed by atoms with Crippen LogP contribution < -0.4 is 5.32 Å². The lowest BCUT2D eigenvalue weighted by Crippen LogP contribution is -2.31. The second-order valence-electron chi connectivity index (χ2n) is 5.69. The molecule has 0 aliphatic rings. The number of hydrogen-bond acceptors (Lipinski definition) is 3. The van der Waals surface area contributed by atoms with Gasteiger partial charge in [-0.1, -0.05) is 66.5 Å². The molecular weight excluding hydrogens is 361 g/mol. The molecule has 1 atom stereocenters. The molecule has 2 aromatic carbocycles. The summed E-state index contributed by atoms with van der Waals surface area (Å²) in [7, 11) is 0. The lowest BCUT2D eigenvalue weighted by atomic mass is 10.0. The van der Waals surface area contributed by atoms with E-state index in [1.54, 1.807) is 18.2 Å². The molecule has 0 saturated carbocycles. The third-order valence-electron chi connectivity index (χ3n) is 3.69. The highest BCUT2D eigenvalue weighted by molar-refractivity contribution is 6.35. The van der Waals surface area contributed by atoms with Crippen LogP contribution in [-0.4, -0.2) is 25.0 Å². The van der Waals surface area contributed by atoms with Crippen molar-refractivity contribution in [1.29, 1.82) is 0 Å². The minimum atomic E-state index is -0.518. The molecular formula is C19H19Cl2NO3. The lowest BCUT2D eigenvalue weighted by molar-refractivity contribution is -0.147. The molecule has 0 spiro atoms. The predicted octanol–water partition coefficient (Wildman–Crippen LogP) is 4.00. The largest absolute Gasteiger partial charge is 0.455 e. The first kappa shape index (κ1) is 19.3. The van der Waals surface area contributed by atoms with Gasteiger partial charge in [-0.05, 0) is 29.2 Å². The number of ether oxygens (including phenoxy) is 1. The van der Waals surface area contributed by atoms with Crippen LogP contribution in [0.1, 0.15) is 24.0 Å². The first-order valence-electron chi connectivity index (χ1n) is 7.87. The van der Waals surface area contributed by atoms with Gasteiger partial charge in [-0.25, -0.2) is 0 Å². The lowest BCUT2D eigenvalue weighted by Gasteiger charge is -2.13. The van der Waals surface area contributed by atoms with Crippen molar-refractivity contribution in [3.05, 3.63) is 69.7 Å². The Morgan fingerprint density at radius 3 is 2.52 bits per heavy atom. The SMILES string of the molecule is C[C@H](CNC(=O)COC(=O)Cc1ccc(Cl)cc1Cl)c1ccccc1. The van der Waals surface area contributed by atoms with Crippen LogP contribution in [0, 0.1) is 0 Å². The van der Waals surface area contributed by atoms with Gasteiger partial charge in [-0.15, -0.1) is 0 Å². The van der Waals surface area contributed by atoms with E-state index in [0.29, 0.717) is 22.2 Å². The number of rotatable bonds is 7. The van der Waals surface area contributed by atoms with Gasteiger partial charge in [0.25, 0.3) is 5.91 Å². The van der Waals surface area contributed by atoms with Gasteiger partial charge in [0.15, 0.2) is 6.61 Å². The van der Waals surface area contributed by atoms with E-state index in [1.807, 2.05) is 37.3 Å². The molecule has 0 aromatic heterocycles. The Labute approximate surface area is 157 Å². The third kappa shape index (κ3) is 6.40. The molecule has 6 heteroatoms. The molecule has 2 rings (SSSR count). The first-order chi connectivity index (χ1) is 12.0. The third-order valence-corrected chi connectivity index (χ3v) is 4.28. The number of nitrogens with one attached hydrogen (secondary N) is 1. The Hall–Kier alpha value is -2.04. The number of hydrogen-bond donors (Lipinski definition) is 1. The summed E-state index contributed by atoms with van der Waals surface area (Å²) in [5, 5.41) is 3.65. The maximum atomic E-state index is 11.8. The quantitative estimate of drug-likeness (QED) is 0.739. The van der Waals surface area contributed by atoms with Gasteiger partial charge < -0.3 is 10.1 Å². The first-order valence-corrected chi connectivity index (χ1v) is 8.62. The van der Waals surface area contributed by atoms with Gasteiger partial charge in [0.05, 0.1) is 6.42 Å². The summed E-state index contributed by atoms with van der Waals surface area (Å²) in [5.41, 5.74) is 1.74. The smallest absolute Gasteiger partial charge is 0.310 e. The predicted molar refractivity (Wildman–Crippen MR) is 99.0 cm³/mol. The van der Waals surface area contributed by atoms with Gasteiger partial charge in [0.2, 0.25) is 0 Å². The topological polar surface area (TPSA) is 55.4 Å². The zero-order chi connectivity index (χ0) is 18.2. The number of benzene rings is 2. The molecule has 0 saturated heterocycles. The van der Waals surface area contributed by atoms with Crippen molar-refractivity contribution in [1.82, 2.24) is 5.32 Å². The normalized spacial score (nSPS) is 11.6. The summed E-state index contributed by atoms with van der Waals surface area (Å²) < 4.78 is 4.99. The molecule has 132 valence electrons. The summed E-state index contributed by atoms with van der Waals surface area (Å²) in [5.74, 6) is -0.678. The minimum Gasteiger partial charge on any atom is -0.455 e. The summed E-state index contributed by atoms with van der Waals surface area (Å²) in [6, 6.07) is 14.7. The molecule has 0 heterocycles. The molecule has 0 radical (unpaired) electrons. The van der Waals surface area contributed by atoms with Crippen LogP contribution in [0.3, 0.4) is 0 Å². The Bertz CT molecular complexity index is 735. The molecule has 0 unspecified atom stereocenters. The van der Waals surface area contributed by atoms with Crippen molar-refractivity contribution < 1.29 is 14.3 Å². The van der Waals surface area contributed by atoms with Crippen LogP contribution in [-0.2, 0) is 20.7 Å². The number of halogens is 2. The molecule has 0 aliphatic carbocycles. The van der Waals surface area contributed by atoms with Gasteiger partial charge in [-0.3, -0.25) is 9.59 Å². The standard InChI is InChI=1S/C19H19Cl2NO3/c1-13(14-5-3-2-4-6-14)11-22-18(23)12-25-19(24)9-15-7-8-16(20)10-17(15)21/h2-8,10,13H,9,11-12H2,1H3,(H,22,23)/t13-/m1/s1. The van der Waals surface area contributed by atoms with Crippen molar-refractivity contribution in [2.75, 3.05) is 13.2 Å². The van der Waals surface area contributed by atoms with Crippen molar-refractivity contribution in [3.63, 3.8) is 0 Å². The average Bonchev–Trinajstić information content (AvgIpc) is 2.61. The second kappa shape index (κ2) is 9.44. The molecule has 0 fully saturated rings. The van der Waals surface area contributed by atoms with E-state index in [1.165, 1.54) is 0 Å². The van der Waals surface area contributed by atoms with E-state index in [4.69, 9.17) is 27.9 Å². The zero-order valence-corrected chi connectivity index (χ0v) is 15.3. The summed E-state index contributed by atoms with van der Waals surface area (Å²) >= 11 is 11.8. The Morgan fingerprint density at radius 2 is 1.84 bits per heavy atom. The van der Waals surface area contributed by atoms with E-state index < -0.39 is 5.97 Å². The highest BCUT2D eigenvalue weighted by atomic mass is 35.5. The Morgan fingerprint density at radius 1 is 1.12 bits per heavy atom. The fraction of sp³-hybridized carbons (Fsp3) is 0.263. The molecule has 0 aliphatic heterocycles. The van der Waals surface area contributed by atoms with Crippen molar-refractivity contribution in [2.24, 2.45) is 0 Å². The van der Waals surface area contributed by atoms with E-state index in [2.05, 4.69) is 5.32 Å². The van der Waals surface area contributed by atoms with Gasteiger partial charge >= 0.3 is 5.97 Å². The average molecular weight is 380 g/mol. The van der Waals surface area contributed by atoms with Crippen LogP contribution in [0.4, 0.5) is 0 Å². The molecule has 1 N–H and O–H groups in total. The summed E-state index contributed by atoms with van der Waals surface area (Å²) in [6.45, 7) is 2.18. The van der Waals surface area contributed by atoms with E-state index in [0.717, 1.165) is 5.56 Å². The highest BCUT2D eigenvalue weighted by Gasteiger charge is 2.12. The fourth-order valence-electron chi connectivity index (χ4n) is 2.24. The summed E-state index contributed by atoms with van der Waals surface area (Å²) in [4.78, 5) is 23.6.